The third-order valence-electron chi connectivity index (χ3n) is 8.91. The van der Waals surface area contributed by atoms with Gasteiger partial charge >= 0.3 is 0 Å². The Labute approximate surface area is 273 Å². The van der Waals surface area contributed by atoms with Gasteiger partial charge in [0, 0.05) is 17.4 Å². The highest BCUT2D eigenvalue weighted by Crippen LogP contribution is 2.48. The second-order valence-corrected chi connectivity index (χ2v) is 11.8. The van der Waals surface area contributed by atoms with E-state index in [2.05, 4.69) is 144 Å². The van der Waals surface area contributed by atoms with E-state index in [9.17, 15) is 0 Å². The number of benzene rings is 8. The Morgan fingerprint density at radius 1 is 0.340 bits per heavy atom. The van der Waals surface area contributed by atoms with Crippen LogP contribution in [0.1, 0.15) is 0 Å². The number of fused-ring (bicyclic) bond motifs is 2. The molecule has 47 heavy (non-hydrogen) atoms. The van der Waals surface area contributed by atoms with E-state index in [0.717, 1.165) is 44.9 Å². The number of hydrogen-bond acceptors (Lipinski definition) is 3. The van der Waals surface area contributed by atoms with Crippen LogP contribution in [-0.2, 0) is 0 Å². The summed E-state index contributed by atoms with van der Waals surface area (Å²) in [5.74, 6) is 2.95. The molecule has 3 nitrogen and oxygen atoms in total. The van der Waals surface area contributed by atoms with E-state index in [1.165, 1.54) is 27.5 Å². The fourth-order valence-corrected chi connectivity index (χ4v) is 6.63. The van der Waals surface area contributed by atoms with Crippen LogP contribution in [0.15, 0.2) is 176 Å². The molecule has 9 rings (SSSR count). The first-order chi connectivity index (χ1) is 23.3. The summed E-state index contributed by atoms with van der Waals surface area (Å²) >= 11 is 0. The summed E-state index contributed by atoms with van der Waals surface area (Å²) in [6, 6.07) is 61.4. The average Bonchev–Trinajstić information content (AvgIpc) is 3.30. The third kappa shape index (κ3) is 4.86. The summed E-state index contributed by atoms with van der Waals surface area (Å²) in [5, 5.41) is 4.59. The molecule has 0 aliphatic carbocycles. The lowest BCUT2D eigenvalue weighted by atomic mass is 9.96. The van der Waals surface area contributed by atoms with Gasteiger partial charge in [-0.15, -0.1) is 0 Å². The fraction of sp³-hybridized carbons (Fsp3) is 0. The molecule has 1 aliphatic heterocycles. The van der Waals surface area contributed by atoms with Gasteiger partial charge in [-0.2, -0.15) is 0 Å². The van der Waals surface area contributed by atoms with Gasteiger partial charge in [0.05, 0.1) is 11.1 Å². The Morgan fingerprint density at radius 3 is 1.66 bits per heavy atom. The molecule has 0 fully saturated rings. The van der Waals surface area contributed by atoms with Crippen LogP contribution < -0.4 is 14.4 Å². The van der Waals surface area contributed by atoms with Crippen LogP contribution in [0.3, 0.4) is 0 Å². The van der Waals surface area contributed by atoms with Crippen LogP contribution in [0.5, 0.6) is 23.0 Å². The molecule has 3 heteroatoms. The van der Waals surface area contributed by atoms with E-state index < -0.39 is 0 Å². The van der Waals surface area contributed by atoms with Crippen molar-refractivity contribution in [2.24, 2.45) is 0 Å². The zero-order valence-corrected chi connectivity index (χ0v) is 25.5. The second-order valence-electron chi connectivity index (χ2n) is 11.8. The molecule has 222 valence electrons. The second kappa shape index (κ2) is 11.2. The lowest BCUT2D eigenvalue weighted by molar-refractivity contribution is 0.439. The fourth-order valence-electron chi connectivity index (χ4n) is 6.63. The summed E-state index contributed by atoms with van der Waals surface area (Å²) in [6.45, 7) is 0. The minimum Gasteiger partial charge on any atom is -0.453 e. The topological polar surface area (TPSA) is 21.7 Å². The maximum absolute atomic E-state index is 6.53. The molecule has 8 aromatic rings. The Kier molecular flexibility index (Phi) is 6.46. The monoisotopic (exact) mass is 603 g/mol. The minimum absolute atomic E-state index is 0.676. The van der Waals surface area contributed by atoms with E-state index in [-0.39, 0.29) is 0 Å². The van der Waals surface area contributed by atoms with E-state index >= 15 is 0 Å². The van der Waals surface area contributed by atoms with Gasteiger partial charge in [-0.1, -0.05) is 121 Å². The Morgan fingerprint density at radius 2 is 0.894 bits per heavy atom. The lowest BCUT2D eigenvalue weighted by Gasteiger charge is -2.26. The lowest BCUT2D eigenvalue weighted by Crippen LogP contribution is -2.10. The quantitative estimate of drug-likeness (QED) is 0.195. The zero-order valence-electron chi connectivity index (χ0n) is 25.5. The van der Waals surface area contributed by atoms with Gasteiger partial charge < -0.3 is 14.4 Å². The molecule has 0 spiro atoms. The van der Waals surface area contributed by atoms with Gasteiger partial charge in [0.15, 0.2) is 11.5 Å². The number of hydrogen-bond donors (Lipinski definition) is 0. The van der Waals surface area contributed by atoms with Gasteiger partial charge in [0.25, 0.3) is 0 Å². The first-order valence-corrected chi connectivity index (χ1v) is 15.8. The van der Waals surface area contributed by atoms with E-state index in [0.29, 0.717) is 11.5 Å². The molecular weight excluding hydrogens is 574 g/mol. The Hall–Kier alpha value is -6.32. The van der Waals surface area contributed by atoms with Crippen LogP contribution in [0, 0.1) is 0 Å². The Balaban J connectivity index is 1.06. The third-order valence-corrected chi connectivity index (χ3v) is 8.91. The highest BCUT2D eigenvalue weighted by atomic mass is 16.5. The number of para-hydroxylation sites is 1. The van der Waals surface area contributed by atoms with Crippen molar-refractivity contribution in [1.82, 2.24) is 0 Å². The van der Waals surface area contributed by atoms with Crippen molar-refractivity contribution in [3.05, 3.63) is 176 Å². The van der Waals surface area contributed by atoms with Gasteiger partial charge in [-0.05, 0) is 86.9 Å². The van der Waals surface area contributed by atoms with Crippen LogP contribution in [0.25, 0.3) is 43.8 Å². The van der Waals surface area contributed by atoms with E-state index in [4.69, 9.17) is 9.47 Å². The van der Waals surface area contributed by atoms with Crippen molar-refractivity contribution in [2.45, 2.75) is 0 Å². The molecule has 0 saturated carbocycles. The standard InChI is InChI=1S/C44H29NO2/c1-2-13-35(14-3-1)45(37-27-28-40-43(29-37)47-42-18-8-12-34-11-7-17-41(46-40)44(34)42)36-25-23-31(24-26-36)30-19-21-33(22-20-30)39-16-6-10-32-9-4-5-15-38(32)39/h1-29H. The predicted octanol–water partition coefficient (Wildman–Crippen LogP) is 12.7. The SMILES string of the molecule is c1ccc(N(c2ccc(-c3ccc(-c4cccc5ccccc45)cc3)cc2)c2ccc3c(c2)Oc2cccc4cccc(c24)O3)cc1. The van der Waals surface area contributed by atoms with Crippen molar-refractivity contribution in [3.8, 4) is 45.3 Å². The van der Waals surface area contributed by atoms with Crippen molar-refractivity contribution >= 4 is 38.6 Å². The van der Waals surface area contributed by atoms with Crippen molar-refractivity contribution < 1.29 is 9.47 Å². The van der Waals surface area contributed by atoms with Gasteiger partial charge in [-0.3, -0.25) is 0 Å². The smallest absolute Gasteiger partial charge is 0.172 e. The number of ether oxygens (including phenoxy) is 2. The number of anilines is 3. The number of rotatable bonds is 5. The molecule has 1 heterocycles. The van der Waals surface area contributed by atoms with Crippen LogP contribution >= 0.6 is 0 Å². The largest absolute Gasteiger partial charge is 0.453 e. The highest BCUT2D eigenvalue weighted by Gasteiger charge is 2.21. The van der Waals surface area contributed by atoms with Gasteiger partial charge in [-0.25, -0.2) is 0 Å². The molecule has 0 radical (unpaired) electrons. The first kappa shape index (κ1) is 27.0. The number of nitrogens with zero attached hydrogens (tertiary/aromatic N) is 1. The molecule has 8 aromatic carbocycles. The summed E-state index contributed by atoms with van der Waals surface area (Å²) in [7, 11) is 0. The molecule has 0 bridgehead atoms. The van der Waals surface area contributed by atoms with Gasteiger partial charge in [0.2, 0.25) is 0 Å². The predicted molar refractivity (Wildman–Crippen MR) is 194 cm³/mol. The maximum Gasteiger partial charge on any atom is 0.172 e. The van der Waals surface area contributed by atoms with Crippen LogP contribution in [0.4, 0.5) is 17.1 Å². The molecule has 0 aromatic heterocycles. The van der Waals surface area contributed by atoms with Gasteiger partial charge in [0.1, 0.15) is 11.5 Å². The minimum atomic E-state index is 0.676. The summed E-state index contributed by atoms with van der Waals surface area (Å²) in [5.41, 5.74) is 7.88. The maximum atomic E-state index is 6.53. The average molecular weight is 604 g/mol. The molecule has 0 unspecified atom stereocenters. The molecule has 0 N–H and O–H groups in total. The molecule has 0 atom stereocenters. The van der Waals surface area contributed by atoms with Crippen molar-refractivity contribution in [3.63, 3.8) is 0 Å². The summed E-state index contributed by atoms with van der Waals surface area (Å²) in [4.78, 5) is 2.25. The van der Waals surface area contributed by atoms with E-state index in [1.54, 1.807) is 0 Å². The molecular formula is C44H29NO2. The van der Waals surface area contributed by atoms with Crippen LogP contribution in [0.2, 0.25) is 0 Å². The highest BCUT2D eigenvalue weighted by molar-refractivity contribution is 5.97. The molecule has 0 amide bonds. The zero-order chi connectivity index (χ0) is 31.2. The van der Waals surface area contributed by atoms with Crippen molar-refractivity contribution in [1.29, 1.82) is 0 Å². The first-order valence-electron chi connectivity index (χ1n) is 15.8. The molecule has 1 aliphatic rings. The summed E-state index contributed by atoms with van der Waals surface area (Å²) in [6.07, 6.45) is 0. The van der Waals surface area contributed by atoms with Crippen LogP contribution in [-0.4, -0.2) is 0 Å². The Bertz CT molecular complexity index is 2390. The van der Waals surface area contributed by atoms with E-state index in [1.807, 2.05) is 36.4 Å². The molecule has 0 saturated heterocycles. The normalized spacial score (nSPS) is 11.7. The van der Waals surface area contributed by atoms with Crippen molar-refractivity contribution in [2.75, 3.05) is 4.90 Å². The summed E-state index contributed by atoms with van der Waals surface area (Å²) < 4.78 is 12.9.